The lowest BCUT2D eigenvalue weighted by Crippen LogP contribution is -2.50. The largest absolute Gasteiger partial charge is 0.329 e. The molecule has 1 aliphatic rings. The molecule has 0 aliphatic carbocycles. The molecule has 1 aliphatic heterocycles. The zero-order valence-electron chi connectivity index (χ0n) is 12.6. The first kappa shape index (κ1) is 15.0. The molecule has 1 N–H and O–H groups in total. The van der Waals surface area contributed by atoms with E-state index in [1.807, 2.05) is 29.7 Å². The van der Waals surface area contributed by atoms with Crippen LogP contribution in [0.5, 0.6) is 0 Å². The second-order valence-electron chi connectivity index (χ2n) is 4.96. The number of fused-ring (bicyclic) bond motifs is 1. The SMILES string of the molecule is CCC.Cc1cccn2c(N3CCC(=O)NC3=O)cnc12. The highest BCUT2D eigenvalue weighted by Crippen LogP contribution is 2.20. The third-order valence-corrected chi connectivity index (χ3v) is 3.04. The quantitative estimate of drug-likeness (QED) is 0.876. The number of hydrogen-bond acceptors (Lipinski definition) is 3. The van der Waals surface area contributed by atoms with Gasteiger partial charge in [-0.15, -0.1) is 0 Å². The molecule has 112 valence electrons. The van der Waals surface area contributed by atoms with Gasteiger partial charge in [0.2, 0.25) is 5.91 Å². The summed E-state index contributed by atoms with van der Waals surface area (Å²) < 4.78 is 1.85. The predicted octanol–water partition coefficient (Wildman–Crippen LogP) is 2.51. The van der Waals surface area contributed by atoms with Crippen molar-refractivity contribution < 1.29 is 9.59 Å². The number of imide groups is 1. The Balaban J connectivity index is 0.000000497. The summed E-state index contributed by atoms with van der Waals surface area (Å²) in [5, 5.41) is 2.30. The molecule has 6 nitrogen and oxygen atoms in total. The number of hydrogen-bond donors (Lipinski definition) is 1. The van der Waals surface area contributed by atoms with Gasteiger partial charge in [-0.3, -0.25) is 19.4 Å². The Morgan fingerprint density at radius 3 is 2.71 bits per heavy atom. The van der Waals surface area contributed by atoms with E-state index in [0.29, 0.717) is 18.8 Å². The van der Waals surface area contributed by atoms with E-state index in [1.54, 1.807) is 6.20 Å². The number of carbonyl (C=O) groups is 2. The first-order valence-electron chi connectivity index (χ1n) is 7.12. The van der Waals surface area contributed by atoms with Gasteiger partial charge >= 0.3 is 6.03 Å². The van der Waals surface area contributed by atoms with E-state index in [-0.39, 0.29) is 5.91 Å². The number of rotatable bonds is 1. The Morgan fingerprint density at radius 2 is 2.05 bits per heavy atom. The van der Waals surface area contributed by atoms with Gasteiger partial charge in [0.1, 0.15) is 11.5 Å². The van der Waals surface area contributed by atoms with Crippen molar-refractivity contribution in [3.8, 4) is 0 Å². The molecule has 2 aromatic rings. The van der Waals surface area contributed by atoms with Crippen LogP contribution in [0.1, 0.15) is 32.3 Å². The first-order valence-corrected chi connectivity index (χ1v) is 7.12. The minimum Gasteiger partial charge on any atom is -0.286 e. The van der Waals surface area contributed by atoms with Gasteiger partial charge in [0.25, 0.3) is 0 Å². The molecule has 2 aromatic heterocycles. The maximum absolute atomic E-state index is 11.8. The van der Waals surface area contributed by atoms with Crippen molar-refractivity contribution in [3.05, 3.63) is 30.1 Å². The lowest BCUT2D eigenvalue weighted by molar-refractivity contribution is -0.120. The van der Waals surface area contributed by atoms with Crippen LogP contribution in [0.3, 0.4) is 0 Å². The maximum Gasteiger partial charge on any atom is 0.329 e. The molecule has 1 fully saturated rings. The van der Waals surface area contributed by atoms with Gasteiger partial charge in [0.15, 0.2) is 0 Å². The zero-order chi connectivity index (χ0) is 15.4. The number of urea groups is 1. The number of imidazole rings is 1. The van der Waals surface area contributed by atoms with Gasteiger partial charge in [-0.25, -0.2) is 9.78 Å². The van der Waals surface area contributed by atoms with Gasteiger partial charge in [-0.1, -0.05) is 26.3 Å². The van der Waals surface area contributed by atoms with Crippen molar-refractivity contribution in [2.45, 2.75) is 33.6 Å². The third-order valence-electron chi connectivity index (χ3n) is 3.04. The van der Waals surface area contributed by atoms with Gasteiger partial charge in [0, 0.05) is 19.2 Å². The Kier molecular flexibility index (Phi) is 4.57. The molecule has 0 atom stereocenters. The molecule has 0 aromatic carbocycles. The standard InChI is InChI=1S/C12H12N4O2.C3H8/c1-8-3-2-5-15-10(7-13-11(8)15)16-6-4-9(17)14-12(16)18;1-3-2/h2-3,5,7H,4,6H2,1H3,(H,14,17,18);3H2,1-2H3. The minimum atomic E-state index is -0.394. The highest BCUT2D eigenvalue weighted by atomic mass is 16.2. The van der Waals surface area contributed by atoms with Crippen LogP contribution in [-0.2, 0) is 4.79 Å². The summed E-state index contributed by atoms with van der Waals surface area (Å²) in [6.07, 6.45) is 5.07. The Hall–Kier alpha value is -2.37. The molecule has 21 heavy (non-hydrogen) atoms. The van der Waals surface area contributed by atoms with Crippen LogP contribution in [0.15, 0.2) is 24.5 Å². The number of pyridine rings is 1. The summed E-state index contributed by atoms with van der Waals surface area (Å²) in [5.41, 5.74) is 1.86. The van der Waals surface area contributed by atoms with Crippen molar-refractivity contribution in [1.82, 2.24) is 14.7 Å². The molecule has 0 unspecified atom stereocenters. The lowest BCUT2D eigenvalue weighted by atomic mass is 10.3. The highest BCUT2D eigenvalue weighted by Gasteiger charge is 2.26. The molecule has 0 saturated carbocycles. The van der Waals surface area contributed by atoms with E-state index in [1.165, 1.54) is 11.3 Å². The van der Waals surface area contributed by atoms with Gasteiger partial charge in [0.05, 0.1) is 6.20 Å². The molecule has 0 spiro atoms. The number of aromatic nitrogens is 2. The smallest absolute Gasteiger partial charge is 0.286 e. The van der Waals surface area contributed by atoms with Gasteiger partial charge in [-0.2, -0.15) is 0 Å². The second-order valence-corrected chi connectivity index (χ2v) is 4.96. The van der Waals surface area contributed by atoms with Crippen molar-refractivity contribution in [2.75, 3.05) is 11.4 Å². The van der Waals surface area contributed by atoms with E-state index >= 15 is 0 Å². The predicted molar refractivity (Wildman–Crippen MR) is 81.4 cm³/mol. The average molecular weight is 288 g/mol. The fourth-order valence-electron chi connectivity index (χ4n) is 2.12. The number of anilines is 1. The fourth-order valence-corrected chi connectivity index (χ4v) is 2.12. The average Bonchev–Trinajstić information content (AvgIpc) is 2.85. The van der Waals surface area contributed by atoms with E-state index in [0.717, 1.165) is 11.2 Å². The fraction of sp³-hybridized carbons (Fsp3) is 0.400. The second kappa shape index (κ2) is 6.39. The van der Waals surface area contributed by atoms with Gasteiger partial charge in [-0.05, 0) is 18.6 Å². The zero-order valence-corrected chi connectivity index (χ0v) is 12.6. The number of carbonyl (C=O) groups excluding carboxylic acids is 2. The molecule has 0 radical (unpaired) electrons. The van der Waals surface area contributed by atoms with Crippen molar-refractivity contribution in [1.29, 1.82) is 0 Å². The Morgan fingerprint density at radius 1 is 1.33 bits per heavy atom. The summed E-state index contributed by atoms with van der Waals surface area (Å²) in [5.74, 6) is 0.444. The maximum atomic E-state index is 11.8. The molecule has 3 heterocycles. The molecule has 1 saturated heterocycles. The molecule has 3 rings (SSSR count). The lowest BCUT2D eigenvalue weighted by Gasteiger charge is -2.25. The van der Waals surface area contributed by atoms with E-state index in [4.69, 9.17) is 0 Å². The van der Waals surface area contributed by atoms with Crippen molar-refractivity contribution in [3.63, 3.8) is 0 Å². The summed E-state index contributed by atoms with van der Waals surface area (Å²) in [6, 6.07) is 3.47. The summed E-state index contributed by atoms with van der Waals surface area (Å²) in [4.78, 5) is 28.7. The molecule has 6 heteroatoms. The number of nitrogens with one attached hydrogen (secondary N) is 1. The Bertz CT molecular complexity index is 663. The van der Waals surface area contributed by atoms with Gasteiger partial charge < -0.3 is 0 Å². The first-order chi connectivity index (χ1) is 10.1. The number of nitrogens with zero attached hydrogens (tertiary/aromatic N) is 3. The molecule has 0 bridgehead atoms. The summed E-state index contributed by atoms with van der Waals surface area (Å²) >= 11 is 0. The Labute approximate surface area is 123 Å². The molecular weight excluding hydrogens is 268 g/mol. The molecule has 3 amide bonds. The van der Waals surface area contributed by atoms with E-state index < -0.39 is 6.03 Å². The molecular formula is C15H20N4O2. The number of aryl methyl sites for hydroxylation is 1. The van der Waals surface area contributed by atoms with Crippen LogP contribution in [0.2, 0.25) is 0 Å². The van der Waals surface area contributed by atoms with Crippen molar-refractivity contribution >= 4 is 23.4 Å². The van der Waals surface area contributed by atoms with E-state index in [2.05, 4.69) is 24.1 Å². The van der Waals surface area contributed by atoms with Crippen molar-refractivity contribution in [2.24, 2.45) is 0 Å². The van der Waals surface area contributed by atoms with Crippen LogP contribution in [0.4, 0.5) is 10.6 Å². The topological polar surface area (TPSA) is 66.7 Å². The van der Waals surface area contributed by atoms with Crippen LogP contribution < -0.4 is 10.2 Å². The highest BCUT2D eigenvalue weighted by molar-refractivity contribution is 6.05. The number of amides is 3. The minimum absolute atomic E-state index is 0.235. The monoisotopic (exact) mass is 288 g/mol. The normalized spacial score (nSPS) is 14.7. The summed E-state index contributed by atoms with van der Waals surface area (Å²) in [6.45, 7) is 6.60. The van der Waals surface area contributed by atoms with Crippen LogP contribution in [0, 0.1) is 6.92 Å². The van der Waals surface area contributed by atoms with Crippen LogP contribution >= 0.6 is 0 Å². The van der Waals surface area contributed by atoms with Crippen LogP contribution in [0.25, 0.3) is 5.65 Å². The summed E-state index contributed by atoms with van der Waals surface area (Å²) in [7, 11) is 0. The van der Waals surface area contributed by atoms with Crippen LogP contribution in [-0.4, -0.2) is 27.9 Å². The third kappa shape index (κ3) is 3.04. The van der Waals surface area contributed by atoms with E-state index in [9.17, 15) is 9.59 Å².